The number of aliphatic hydroxyl groups is 1. The number of rotatable bonds is 6. The summed E-state index contributed by atoms with van der Waals surface area (Å²) >= 11 is 0. The number of aromatic nitrogens is 3. The first-order valence-electron chi connectivity index (χ1n) is 6.06. The zero-order chi connectivity index (χ0) is 13.0. The van der Waals surface area contributed by atoms with Crippen molar-refractivity contribution in [2.75, 3.05) is 26.7 Å². The lowest BCUT2D eigenvalue weighted by molar-refractivity contribution is 0.241. The lowest BCUT2D eigenvalue weighted by atomic mass is 10.4. The quantitative estimate of drug-likeness (QED) is 0.772. The van der Waals surface area contributed by atoms with Gasteiger partial charge in [0.2, 0.25) is 0 Å². The van der Waals surface area contributed by atoms with E-state index in [-0.39, 0.29) is 12.3 Å². The van der Waals surface area contributed by atoms with Crippen molar-refractivity contribution in [2.45, 2.75) is 13.0 Å². The molecule has 0 unspecified atom stereocenters. The Morgan fingerprint density at radius 3 is 2.94 bits per heavy atom. The summed E-state index contributed by atoms with van der Waals surface area (Å²) in [5.41, 5.74) is 0.557. The van der Waals surface area contributed by atoms with Crippen LogP contribution in [0.4, 0.5) is 0 Å². The second-order valence-corrected chi connectivity index (χ2v) is 4.31. The van der Waals surface area contributed by atoms with Gasteiger partial charge < -0.3 is 10.0 Å². The van der Waals surface area contributed by atoms with Gasteiger partial charge in [0.15, 0.2) is 5.65 Å². The zero-order valence-electron chi connectivity index (χ0n) is 10.5. The van der Waals surface area contributed by atoms with Crippen molar-refractivity contribution in [1.29, 1.82) is 0 Å². The maximum atomic E-state index is 12.0. The van der Waals surface area contributed by atoms with Gasteiger partial charge in [0.1, 0.15) is 0 Å². The molecule has 6 nitrogen and oxygen atoms in total. The van der Waals surface area contributed by atoms with E-state index in [9.17, 15) is 4.79 Å². The number of pyridine rings is 1. The van der Waals surface area contributed by atoms with Gasteiger partial charge in [-0.3, -0.25) is 4.40 Å². The third kappa shape index (κ3) is 2.77. The van der Waals surface area contributed by atoms with Crippen LogP contribution in [0.15, 0.2) is 29.2 Å². The molecule has 2 heterocycles. The van der Waals surface area contributed by atoms with Crippen molar-refractivity contribution in [1.82, 2.24) is 19.1 Å². The van der Waals surface area contributed by atoms with Crippen LogP contribution in [0.5, 0.6) is 0 Å². The molecule has 2 rings (SSSR count). The number of likely N-dealkylation sites (N-methyl/N-ethyl adjacent to an activating group) is 1. The largest absolute Gasteiger partial charge is 0.396 e. The standard InChI is InChI=1S/C12H18N4O2/c1-14(6-4-10-17)8-9-16-12(18)15-7-3-2-5-11(15)13-16/h2-3,5,7,17H,4,6,8-10H2,1H3. The smallest absolute Gasteiger partial charge is 0.350 e. The third-order valence-electron chi connectivity index (χ3n) is 2.88. The molecule has 0 spiro atoms. The van der Waals surface area contributed by atoms with Gasteiger partial charge in [-0.15, -0.1) is 5.10 Å². The molecule has 2 aromatic heterocycles. The number of fused-ring (bicyclic) bond motifs is 1. The SMILES string of the molecule is CN(CCCO)CCn1nc2ccccn2c1=O. The molecule has 0 fully saturated rings. The highest BCUT2D eigenvalue weighted by atomic mass is 16.3. The Bertz CT molecular complexity index is 560. The molecule has 0 radical (unpaired) electrons. The predicted molar refractivity (Wildman–Crippen MR) is 68.7 cm³/mol. The van der Waals surface area contributed by atoms with Crippen LogP contribution < -0.4 is 5.69 Å². The van der Waals surface area contributed by atoms with Gasteiger partial charge >= 0.3 is 5.69 Å². The molecule has 0 aliphatic heterocycles. The molecule has 1 N–H and O–H groups in total. The van der Waals surface area contributed by atoms with E-state index >= 15 is 0 Å². The van der Waals surface area contributed by atoms with E-state index in [0.29, 0.717) is 12.2 Å². The molecule has 0 saturated heterocycles. The number of aliphatic hydroxyl groups excluding tert-OH is 1. The summed E-state index contributed by atoms with van der Waals surface area (Å²) in [5, 5.41) is 13.0. The Balaban J connectivity index is 2.04. The van der Waals surface area contributed by atoms with E-state index in [1.807, 2.05) is 25.2 Å². The highest BCUT2D eigenvalue weighted by molar-refractivity contribution is 5.35. The van der Waals surface area contributed by atoms with Crippen molar-refractivity contribution < 1.29 is 5.11 Å². The summed E-state index contributed by atoms with van der Waals surface area (Å²) in [6.45, 7) is 2.31. The molecule has 0 aromatic carbocycles. The van der Waals surface area contributed by atoms with E-state index in [1.165, 1.54) is 9.08 Å². The Morgan fingerprint density at radius 2 is 2.22 bits per heavy atom. The second-order valence-electron chi connectivity index (χ2n) is 4.31. The molecule has 0 aliphatic carbocycles. The molecular formula is C12H18N4O2. The number of nitrogens with zero attached hydrogens (tertiary/aromatic N) is 4. The van der Waals surface area contributed by atoms with Gasteiger partial charge in [-0.1, -0.05) is 6.07 Å². The van der Waals surface area contributed by atoms with Crippen molar-refractivity contribution in [3.63, 3.8) is 0 Å². The van der Waals surface area contributed by atoms with E-state index in [0.717, 1.165) is 19.5 Å². The monoisotopic (exact) mass is 250 g/mol. The summed E-state index contributed by atoms with van der Waals surface area (Å²) in [6, 6.07) is 5.49. The molecule has 98 valence electrons. The first kappa shape index (κ1) is 12.8. The Kier molecular flexibility index (Phi) is 4.11. The molecule has 6 heteroatoms. The number of hydrogen-bond donors (Lipinski definition) is 1. The minimum atomic E-state index is -0.110. The zero-order valence-corrected chi connectivity index (χ0v) is 10.5. The number of hydrogen-bond acceptors (Lipinski definition) is 4. The first-order valence-corrected chi connectivity index (χ1v) is 6.06. The van der Waals surface area contributed by atoms with Gasteiger partial charge in [0, 0.05) is 25.9 Å². The van der Waals surface area contributed by atoms with Crippen LogP contribution in [0, 0.1) is 0 Å². The molecular weight excluding hydrogens is 232 g/mol. The summed E-state index contributed by atoms with van der Waals surface area (Å²) in [7, 11) is 1.97. The molecule has 2 aromatic rings. The maximum absolute atomic E-state index is 12.0. The average Bonchev–Trinajstić information content (AvgIpc) is 2.71. The fourth-order valence-electron chi connectivity index (χ4n) is 1.83. The summed E-state index contributed by atoms with van der Waals surface area (Å²) in [6.07, 6.45) is 2.47. The Morgan fingerprint density at radius 1 is 1.39 bits per heavy atom. The fraction of sp³-hybridized carbons (Fsp3) is 0.500. The highest BCUT2D eigenvalue weighted by Crippen LogP contribution is 1.95. The van der Waals surface area contributed by atoms with Crippen LogP contribution >= 0.6 is 0 Å². The van der Waals surface area contributed by atoms with Crippen LogP contribution in [0.2, 0.25) is 0 Å². The van der Waals surface area contributed by atoms with Crippen LogP contribution in [-0.4, -0.2) is 50.9 Å². The van der Waals surface area contributed by atoms with Gasteiger partial charge in [-0.05, 0) is 25.6 Å². The summed E-state index contributed by atoms with van der Waals surface area (Å²) in [4.78, 5) is 14.0. The average molecular weight is 250 g/mol. The summed E-state index contributed by atoms with van der Waals surface area (Å²) in [5.74, 6) is 0. The maximum Gasteiger partial charge on any atom is 0.350 e. The van der Waals surface area contributed by atoms with Crippen LogP contribution in [0.1, 0.15) is 6.42 Å². The van der Waals surface area contributed by atoms with Gasteiger partial charge in [0.25, 0.3) is 0 Å². The molecule has 0 saturated carbocycles. The third-order valence-corrected chi connectivity index (χ3v) is 2.88. The van der Waals surface area contributed by atoms with E-state index < -0.39 is 0 Å². The van der Waals surface area contributed by atoms with Crippen molar-refractivity contribution in [3.8, 4) is 0 Å². The summed E-state index contributed by atoms with van der Waals surface area (Å²) < 4.78 is 3.01. The van der Waals surface area contributed by atoms with Gasteiger partial charge in [0.05, 0.1) is 6.54 Å². The van der Waals surface area contributed by atoms with E-state index in [2.05, 4.69) is 10.00 Å². The lowest BCUT2D eigenvalue weighted by Gasteiger charge is -2.14. The molecule has 18 heavy (non-hydrogen) atoms. The minimum absolute atomic E-state index is 0.110. The van der Waals surface area contributed by atoms with Gasteiger partial charge in [-0.2, -0.15) is 0 Å². The predicted octanol–water partition coefficient (Wildman–Crippen LogP) is -0.190. The molecule has 0 bridgehead atoms. The molecule has 0 atom stereocenters. The molecule has 0 aliphatic rings. The van der Waals surface area contributed by atoms with E-state index in [1.54, 1.807) is 6.20 Å². The van der Waals surface area contributed by atoms with Crippen molar-refractivity contribution >= 4 is 5.65 Å². The topological polar surface area (TPSA) is 62.8 Å². The fourth-order valence-corrected chi connectivity index (χ4v) is 1.83. The van der Waals surface area contributed by atoms with Gasteiger partial charge in [-0.25, -0.2) is 9.48 Å². The Labute approximate surface area is 105 Å². The van der Waals surface area contributed by atoms with Crippen LogP contribution in [-0.2, 0) is 6.54 Å². The second kappa shape index (κ2) is 5.79. The first-order chi connectivity index (χ1) is 8.72. The van der Waals surface area contributed by atoms with Crippen molar-refractivity contribution in [2.24, 2.45) is 0 Å². The highest BCUT2D eigenvalue weighted by Gasteiger charge is 2.06. The molecule has 0 amide bonds. The normalized spacial score (nSPS) is 11.5. The van der Waals surface area contributed by atoms with Crippen LogP contribution in [0.25, 0.3) is 5.65 Å². The van der Waals surface area contributed by atoms with Crippen molar-refractivity contribution in [3.05, 3.63) is 34.9 Å². The van der Waals surface area contributed by atoms with Crippen LogP contribution in [0.3, 0.4) is 0 Å². The minimum Gasteiger partial charge on any atom is -0.396 e. The lowest BCUT2D eigenvalue weighted by Crippen LogP contribution is -2.29. The van der Waals surface area contributed by atoms with E-state index in [4.69, 9.17) is 5.11 Å². The Hall–Kier alpha value is -1.66.